The molecule has 1 saturated heterocycles. The van der Waals surface area contributed by atoms with E-state index < -0.39 is 43.3 Å². The van der Waals surface area contributed by atoms with Gasteiger partial charge in [0.2, 0.25) is 0 Å². The first-order valence-electron chi connectivity index (χ1n) is 17.6. The number of ether oxygens (including phenoxy) is 2. The second-order valence-electron chi connectivity index (χ2n) is 12.1. The molecule has 0 unspecified atom stereocenters. The van der Waals surface area contributed by atoms with E-state index in [1.165, 1.54) is 51.4 Å². The number of carboxylic acids is 1. The molecule has 0 aromatic rings. The number of unbranched alkanes of at least 4 members (excludes halogenated alkanes) is 8. The fraction of sp³-hybridized carbons (Fsp3) is 0.969. The minimum Gasteiger partial charge on any atom is -0.481 e. The Morgan fingerprint density at radius 2 is 0.933 bits per heavy atom. The van der Waals surface area contributed by atoms with Crippen molar-refractivity contribution < 1.29 is 39.8 Å². The summed E-state index contributed by atoms with van der Waals surface area (Å²) >= 11 is 0. The molecule has 0 aromatic carbocycles. The first-order chi connectivity index (χ1) is 22.0. The van der Waals surface area contributed by atoms with E-state index in [2.05, 4.69) is 26.6 Å². The SMILES string of the molecule is O=C(O)CCCCCNCCNCCCCNCCCCNCCCCCCNCCCCO[C@H]1O[C@H](CO)[C@@H](O)[C@H](O)[C@@H]1O. The van der Waals surface area contributed by atoms with Gasteiger partial charge in [0.15, 0.2) is 6.29 Å². The van der Waals surface area contributed by atoms with E-state index in [9.17, 15) is 25.2 Å². The summed E-state index contributed by atoms with van der Waals surface area (Å²) in [6.07, 6.45) is 8.34. The molecule has 5 atom stereocenters. The molecule has 1 heterocycles. The van der Waals surface area contributed by atoms with Gasteiger partial charge in [0, 0.05) is 26.1 Å². The lowest BCUT2D eigenvalue weighted by Gasteiger charge is -2.39. The molecule has 10 N–H and O–H groups in total. The number of aliphatic hydroxyl groups excluding tert-OH is 4. The zero-order valence-corrected chi connectivity index (χ0v) is 27.7. The van der Waals surface area contributed by atoms with Crippen molar-refractivity contribution in [1.82, 2.24) is 26.6 Å². The summed E-state index contributed by atoms with van der Waals surface area (Å²) in [6, 6.07) is 0. The van der Waals surface area contributed by atoms with Gasteiger partial charge in [-0.1, -0.05) is 19.3 Å². The van der Waals surface area contributed by atoms with Gasteiger partial charge in [0.1, 0.15) is 24.4 Å². The highest BCUT2D eigenvalue weighted by atomic mass is 16.7. The molecule has 0 radical (unpaired) electrons. The lowest BCUT2D eigenvalue weighted by molar-refractivity contribution is -0.301. The average molecular weight is 650 g/mol. The second kappa shape index (κ2) is 30.4. The number of nitrogens with one attached hydrogen (secondary N) is 5. The topological polar surface area (TPSA) is 197 Å². The Balaban J connectivity index is 1.70. The van der Waals surface area contributed by atoms with Crippen molar-refractivity contribution in [2.24, 2.45) is 0 Å². The Morgan fingerprint density at radius 3 is 1.38 bits per heavy atom. The highest BCUT2D eigenvalue weighted by Gasteiger charge is 2.43. The molecule has 0 amide bonds. The molecule has 1 rings (SSSR count). The monoisotopic (exact) mass is 649 g/mol. The smallest absolute Gasteiger partial charge is 0.303 e. The van der Waals surface area contributed by atoms with Crippen LogP contribution in [0, 0.1) is 0 Å². The van der Waals surface area contributed by atoms with Crippen LogP contribution >= 0.6 is 0 Å². The summed E-state index contributed by atoms with van der Waals surface area (Å²) in [5, 5.41) is 64.8. The van der Waals surface area contributed by atoms with Crippen LogP contribution in [0.2, 0.25) is 0 Å². The largest absolute Gasteiger partial charge is 0.481 e. The second-order valence-corrected chi connectivity index (χ2v) is 12.1. The van der Waals surface area contributed by atoms with Crippen molar-refractivity contribution in [3.63, 3.8) is 0 Å². The van der Waals surface area contributed by atoms with Crippen LogP contribution in [0.15, 0.2) is 0 Å². The molecular weight excluding hydrogens is 582 g/mol. The van der Waals surface area contributed by atoms with E-state index in [-0.39, 0.29) is 6.42 Å². The van der Waals surface area contributed by atoms with Gasteiger partial charge in [0.25, 0.3) is 0 Å². The van der Waals surface area contributed by atoms with Gasteiger partial charge >= 0.3 is 5.97 Å². The number of aliphatic carboxylic acids is 1. The molecule has 0 aromatic heterocycles. The standard InChI is InChI=1S/C32H67N5O8/c38-26-27-29(41)30(42)31(43)32(45-27)44-25-13-12-22-34-16-6-2-1-5-15-33-18-8-9-19-35-20-10-11-21-37-24-23-36-17-7-3-4-14-28(39)40/h27,29-38,41-43H,1-26H2,(H,39,40)/t27-,29-,30+,31+,32+/m1/s1. The van der Waals surface area contributed by atoms with E-state index in [1.54, 1.807) is 0 Å². The summed E-state index contributed by atoms with van der Waals surface area (Å²) < 4.78 is 10.8. The number of rotatable bonds is 33. The summed E-state index contributed by atoms with van der Waals surface area (Å²) in [5.74, 6) is -0.702. The molecule has 0 spiro atoms. The predicted molar refractivity (Wildman–Crippen MR) is 176 cm³/mol. The van der Waals surface area contributed by atoms with E-state index in [4.69, 9.17) is 14.6 Å². The molecule has 0 bridgehead atoms. The molecular formula is C32H67N5O8. The van der Waals surface area contributed by atoms with Crippen molar-refractivity contribution in [2.45, 2.75) is 121 Å². The molecule has 13 nitrogen and oxygen atoms in total. The Bertz CT molecular complexity index is 667. The maximum Gasteiger partial charge on any atom is 0.303 e. The van der Waals surface area contributed by atoms with E-state index >= 15 is 0 Å². The highest BCUT2D eigenvalue weighted by Crippen LogP contribution is 2.22. The van der Waals surface area contributed by atoms with Crippen LogP contribution in [0.1, 0.15) is 89.9 Å². The minimum absolute atomic E-state index is 0.280. The zero-order valence-electron chi connectivity index (χ0n) is 27.7. The minimum atomic E-state index is -1.40. The van der Waals surface area contributed by atoms with Crippen LogP contribution in [0.3, 0.4) is 0 Å². The Morgan fingerprint density at radius 1 is 0.533 bits per heavy atom. The van der Waals surface area contributed by atoms with E-state index in [0.29, 0.717) is 6.61 Å². The molecule has 13 heteroatoms. The number of hydrogen-bond acceptors (Lipinski definition) is 12. The van der Waals surface area contributed by atoms with Crippen molar-refractivity contribution in [1.29, 1.82) is 0 Å². The molecule has 45 heavy (non-hydrogen) atoms. The number of carbonyl (C=O) groups is 1. The van der Waals surface area contributed by atoms with Crippen molar-refractivity contribution in [2.75, 3.05) is 78.7 Å². The van der Waals surface area contributed by atoms with Gasteiger partial charge in [-0.15, -0.1) is 0 Å². The lowest BCUT2D eigenvalue weighted by atomic mass is 9.99. The van der Waals surface area contributed by atoms with Gasteiger partial charge in [0.05, 0.1) is 6.61 Å². The molecule has 0 saturated carbocycles. The summed E-state index contributed by atoms with van der Waals surface area (Å²) in [7, 11) is 0. The zero-order chi connectivity index (χ0) is 32.8. The molecule has 0 aliphatic carbocycles. The van der Waals surface area contributed by atoms with Gasteiger partial charge in [-0.25, -0.2) is 0 Å². The summed E-state index contributed by atoms with van der Waals surface area (Å²) in [4.78, 5) is 10.5. The van der Waals surface area contributed by atoms with Crippen LogP contribution in [-0.2, 0) is 14.3 Å². The van der Waals surface area contributed by atoms with Crippen molar-refractivity contribution >= 4 is 5.97 Å². The van der Waals surface area contributed by atoms with Crippen LogP contribution in [-0.4, -0.2) is 141 Å². The van der Waals surface area contributed by atoms with Crippen LogP contribution < -0.4 is 26.6 Å². The van der Waals surface area contributed by atoms with Gasteiger partial charge < -0.3 is 61.6 Å². The van der Waals surface area contributed by atoms with Crippen molar-refractivity contribution in [3.8, 4) is 0 Å². The summed E-state index contributed by atoms with van der Waals surface area (Å²) in [6.45, 7) is 10.1. The maximum atomic E-state index is 10.5. The fourth-order valence-corrected chi connectivity index (χ4v) is 5.11. The predicted octanol–water partition coefficient (Wildman–Crippen LogP) is 0.297. The third kappa shape index (κ3) is 23.9. The van der Waals surface area contributed by atoms with Crippen LogP contribution in [0.25, 0.3) is 0 Å². The fourth-order valence-electron chi connectivity index (χ4n) is 5.11. The van der Waals surface area contributed by atoms with Crippen LogP contribution in [0.4, 0.5) is 0 Å². The molecule has 1 aliphatic rings. The average Bonchev–Trinajstić information content (AvgIpc) is 3.03. The van der Waals surface area contributed by atoms with Gasteiger partial charge in [-0.05, 0) is 117 Å². The summed E-state index contributed by atoms with van der Waals surface area (Å²) in [5.41, 5.74) is 0. The van der Waals surface area contributed by atoms with Crippen LogP contribution in [0.5, 0.6) is 0 Å². The van der Waals surface area contributed by atoms with Gasteiger partial charge in [-0.3, -0.25) is 4.79 Å². The Hall–Kier alpha value is -0.970. The first kappa shape index (κ1) is 42.1. The molecule has 268 valence electrons. The van der Waals surface area contributed by atoms with E-state index in [0.717, 1.165) is 97.6 Å². The third-order valence-electron chi connectivity index (χ3n) is 7.97. The number of carboxylic acid groups (broad SMARTS) is 1. The first-order valence-corrected chi connectivity index (χ1v) is 17.6. The highest BCUT2D eigenvalue weighted by molar-refractivity contribution is 5.66. The molecule has 1 fully saturated rings. The quantitative estimate of drug-likeness (QED) is 0.0436. The maximum absolute atomic E-state index is 10.5. The van der Waals surface area contributed by atoms with Crippen molar-refractivity contribution in [3.05, 3.63) is 0 Å². The number of hydrogen-bond donors (Lipinski definition) is 10. The van der Waals surface area contributed by atoms with Gasteiger partial charge in [-0.2, -0.15) is 0 Å². The lowest BCUT2D eigenvalue weighted by Crippen LogP contribution is -2.59. The number of aliphatic hydroxyl groups is 4. The normalized spacial score (nSPS) is 21.8. The Labute approximate surface area is 271 Å². The third-order valence-corrected chi connectivity index (χ3v) is 7.97. The Kier molecular flexibility index (Phi) is 28.4. The van der Waals surface area contributed by atoms with E-state index in [1.807, 2.05) is 0 Å². The molecule has 1 aliphatic heterocycles.